The number of ether oxygens (including phenoxy) is 1. The Balaban J connectivity index is 2.96. The molecule has 0 saturated heterocycles. The fourth-order valence-electron chi connectivity index (χ4n) is 1.89. The van der Waals surface area contributed by atoms with Gasteiger partial charge in [0.15, 0.2) is 0 Å². The number of alkyl halides is 3. The second-order valence-corrected chi connectivity index (χ2v) is 5.27. The van der Waals surface area contributed by atoms with Crippen molar-refractivity contribution in [2.24, 2.45) is 0 Å². The van der Waals surface area contributed by atoms with Gasteiger partial charge < -0.3 is 10.1 Å². The summed E-state index contributed by atoms with van der Waals surface area (Å²) in [4.78, 5) is 0. The monoisotopic (exact) mass is 357 g/mol. The van der Waals surface area contributed by atoms with E-state index in [0.717, 1.165) is 6.42 Å². The van der Waals surface area contributed by atoms with E-state index in [0.29, 0.717) is 29.9 Å². The first-order valence-electron chi connectivity index (χ1n) is 6.39. The van der Waals surface area contributed by atoms with E-state index in [9.17, 15) is 13.2 Å². The summed E-state index contributed by atoms with van der Waals surface area (Å²) in [6.07, 6.45) is -2.88. The summed E-state index contributed by atoms with van der Waals surface area (Å²) in [6.45, 7) is 3.24. The summed E-state index contributed by atoms with van der Waals surface area (Å²) in [6, 6.07) is -0.816. The number of halogens is 4. The van der Waals surface area contributed by atoms with Crippen LogP contribution in [-0.4, -0.2) is 36.2 Å². The van der Waals surface area contributed by atoms with Gasteiger partial charge in [-0.05, 0) is 28.9 Å². The molecule has 0 saturated carbocycles. The minimum Gasteiger partial charge on any atom is -0.383 e. The van der Waals surface area contributed by atoms with Crippen LogP contribution in [0.25, 0.3) is 0 Å². The number of nitrogens with zero attached hydrogens (tertiary/aromatic N) is 2. The van der Waals surface area contributed by atoms with E-state index in [2.05, 4.69) is 26.3 Å². The van der Waals surface area contributed by atoms with E-state index >= 15 is 0 Å². The molecular weight excluding hydrogens is 339 g/mol. The third kappa shape index (κ3) is 5.41. The lowest BCUT2D eigenvalue weighted by Crippen LogP contribution is -2.30. The minimum absolute atomic E-state index is 0.396. The largest absolute Gasteiger partial charge is 0.390 e. The maximum atomic E-state index is 12.7. The second-order valence-electron chi connectivity index (χ2n) is 4.42. The Kier molecular flexibility index (Phi) is 6.97. The molecule has 1 N–H and O–H groups in total. The zero-order chi connectivity index (χ0) is 15.2. The zero-order valence-electron chi connectivity index (χ0n) is 11.5. The van der Waals surface area contributed by atoms with Gasteiger partial charge in [-0.3, -0.25) is 4.68 Å². The average Bonchev–Trinajstić information content (AvgIpc) is 2.72. The van der Waals surface area contributed by atoms with Gasteiger partial charge in [0, 0.05) is 7.11 Å². The molecule has 0 bridgehead atoms. The van der Waals surface area contributed by atoms with Crippen LogP contribution in [0.15, 0.2) is 10.7 Å². The standard InChI is InChI=1S/C12H19BrF3N3O/c1-3-4-17-10(7-12(14,15)16)11-9(13)8-18-19(11)5-6-20-2/h8,10,17H,3-7H2,1-2H3. The van der Waals surface area contributed by atoms with E-state index in [1.165, 1.54) is 6.20 Å². The van der Waals surface area contributed by atoms with Gasteiger partial charge in [-0.1, -0.05) is 6.92 Å². The average molecular weight is 358 g/mol. The molecule has 0 spiro atoms. The van der Waals surface area contributed by atoms with E-state index < -0.39 is 18.6 Å². The predicted molar refractivity (Wildman–Crippen MR) is 73.5 cm³/mol. The Labute approximate surface area is 124 Å². The molecule has 1 heterocycles. The highest BCUT2D eigenvalue weighted by molar-refractivity contribution is 9.10. The number of nitrogens with one attached hydrogen (secondary N) is 1. The molecule has 1 atom stereocenters. The van der Waals surface area contributed by atoms with Crippen molar-refractivity contribution < 1.29 is 17.9 Å². The fraction of sp³-hybridized carbons (Fsp3) is 0.750. The molecule has 0 amide bonds. The SMILES string of the molecule is CCCNC(CC(F)(F)F)c1c(Br)cnn1CCOC. The first-order chi connectivity index (χ1) is 9.39. The maximum absolute atomic E-state index is 12.7. The van der Waals surface area contributed by atoms with E-state index in [4.69, 9.17) is 4.74 Å². The molecule has 0 aliphatic carbocycles. The van der Waals surface area contributed by atoms with Gasteiger partial charge in [0.05, 0.1) is 42.0 Å². The third-order valence-electron chi connectivity index (χ3n) is 2.75. The molecule has 1 rings (SSSR count). The van der Waals surface area contributed by atoms with Crippen molar-refractivity contribution in [1.82, 2.24) is 15.1 Å². The Morgan fingerprint density at radius 3 is 2.75 bits per heavy atom. The van der Waals surface area contributed by atoms with Gasteiger partial charge in [-0.15, -0.1) is 0 Å². The Hall–Kier alpha value is -0.600. The van der Waals surface area contributed by atoms with Crippen LogP contribution in [0.1, 0.15) is 31.5 Å². The molecular formula is C12H19BrF3N3O. The van der Waals surface area contributed by atoms with Gasteiger partial charge in [0.2, 0.25) is 0 Å². The Bertz CT molecular complexity index is 409. The zero-order valence-corrected chi connectivity index (χ0v) is 13.1. The summed E-state index contributed by atoms with van der Waals surface area (Å²) in [5.41, 5.74) is 0.507. The molecule has 20 heavy (non-hydrogen) atoms. The number of hydrogen-bond acceptors (Lipinski definition) is 3. The van der Waals surface area contributed by atoms with Crippen molar-refractivity contribution in [3.8, 4) is 0 Å². The first kappa shape index (κ1) is 17.5. The van der Waals surface area contributed by atoms with Crippen molar-refractivity contribution in [3.63, 3.8) is 0 Å². The normalized spacial score (nSPS) is 13.7. The molecule has 0 aromatic carbocycles. The van der Waals surface area contributed by atoms with Crippen molar-refractivity contribution in [1.29, 1.82) is 0 Å². The predicted octanol–water partition coefficient (Wildman–Crippen LogP) is 3.29. The summed E-state index contributed by atoms with van der Waals surface area (Å²) in [7, 11) is 1.54. The number of methoxy groups -OCH3 is 1. The van der Waals surface area contributed by atoms with Crippen LogP contribution in [0.4, 0.5) is 13.2 Å². The molecule has 0 aliphatic heterocycles. The van der Waals surface area contributed by atoms with Crippen LogP contribution >= 0.6 is 15.9 Å². The Morgan fingerprint density at radius 1 is 1.50 bits per heavy atom. The number of hydrogen-bond donors (Lipinski definition) is 1. The lowest BCUT2D eigenvalue weighted by atomic mass is 10.1. The van der Waals surface area contributed by atoms with Crippen LogP contribution in [0.2, 0.25) is 0 Å². The topological polar surface area (TPSA) is 39.1 Å². The molecule has 1 unspecified atom stereocenters. The van der Waals surface area contributed by atoms with Crippen LogP contribution in [-0.2, 0) is 11.3 Å². The third-order valence-corrected chi connectivity index (χ3v) is 3.36. The molecule has 0 fully saturated rings. The van der Waals surface area contributed by atoms with Crippen molar-refractivity contribution in [3.05, 3.63) is 16.4 Å². The molecule has 0 aliphatic rings. The lowest BCUT2D eigenvalue weighted by Gasteiger charge is -2.22. The second kappa shape index (κ2) is 7.99. The highest BCUT2D eigenvalue weighted by Gasteiger charge is 2.34. The van der Waals surface area contributed by atoms with Crippen LogP contribution < -0.4 is 5.32 Å². The minimum atomic E-state index is -4.23. The smallest absolute Gasteiger partial charge is 0.383 e. The van der Waals surface area contributed by atoms with Crippen molar-refractivity contribution >= 4 is 15.9 Å². The van der Waals surface area contributed by atoms with Crippen LogP contribution in [0.3, 0.4) is 0 Å². The summed E-state index contributed by atoms with van der Waals surface area (Å²) in [5.74, 6) is 0. The molecule has 1 aromatic heterocycles. The van der Waals surface area contributed by atoms with Gasteiger partial charge in [0.25, 0.3) is 0 Å². The van der Waals surface area contributed by atoms with Crippen molar-refractivity contribution in [2.45, 2.75) is 38.5 Å². The molecule has 8 heteroatoms. The van der Waals surface area contributed by atoms with Gasteiger partial charge in [-0.2, -0.15) is 18.3 Å². The van der Waals surface area contributed by atoms with Crippen LogP contribution in [0.5, 0.6) is 0 Å². The quantitative estimate of drug-likeness (QED) is 0.775. The molecule has 1 aromatic rings. The summed E-state index contributed by atoms with van der Waals surface area (Å²) >= 11 is 3.28. The highest BCUT2D eigenvalue weighted by Crippen LogP contribution is 2.33. The van der Waals surface area contributed by atoms with Gasteiger partial charge in [-0.25, -0.2) is 0 Å². The maximum Gasteiger partial charge on any atom is 0.390 e. The Morgan fingerprint density at radius 2 is 2.20 bits per heavy atom. The van der Waals surface area contributed by atoms with Gasteiger partial charge in [0.1, 0.15) is 0 Å². The lowest BCUT2D eigenvalue weighted by molar-refractivity contribution is -0.140. The summed E-state index contributed by atoms with van der Waals surface area (Å²) in [5, 5.41) is 7.03. The molecule has 0 radical (unpaired) electrons. The van der Waals surface area contributed by atoms with E-state index in [-0.39, 0.29) is 0 Å². The first-order valence-corrected chi connectivity index (χ1v) is 7.18. The number of aromatic nitrogens is 2. The highest BCUT2D eigenvalue weighted by atomic mass is 79.9. The van der Waals surface area contributed by atoms with Crippen molar-refractivity contribution in [2.75, 3.05) is 20.3 Å². The van der Waals surface area contributed by atoms with E-state index in [1.807, 2.05) is 6.92 Å². The van der Waals surface area contributed by atoms with Crippen LogP contribution in [0, 0.1) is 0 Å². The fourth-order valence-corrected chi connectivity index (χ4v) is 2.46. The summed E-state index contributed by atoms with van der Waals surface area (Å²) < 4.78 is 45.3. The molecule has 4 nitrogen and oxygen atoms in total. The molecule has 116 valence electrons. The van der Waals surface area contributed by atoms with E-state index in [1.54, 1.807) is 11.8 Å². The number of rotatable bonds is 8. The van der Waals surface area contributed by atoms with Gasteiger partial charge >= 0.3 is 6.18 Å².